The fourth-order valence-corrected chi connectivity index (χ4v) is 2.84. The van der Waals surface area contributed by atoms with Crippen molar-refractivity contribution in [3.05, 3.63) is 0 Å². The lowest BCUT2D eigenvalue weighted by Crippen LogP contribution is -2.19. The maximum absolute atomic E-state index is 11.0. The van der Waals surface area contributed by atoms with Crippen LogP contribution in [0.1, 0.15) is 64.7 Å². The first kappa shape index (κ1) is 18.3. The second-order valence-electron chi connectivity index (χ2n) is 4.67. The summed E-state index contributed by atoms with van der Waals surface area (Å²) < 4.78 is 30.8. The predicted octanol–water partition coefficient (Wildman–Crippen LogP) is 2.79. The second kappa shape index (κ2) is 10.2. The van der Waals surface area contributed by atoms with E-state index in [-0.39, 0.29) is 6.42 Å². The van der Waals surface area contributed by atoms with Gasteiger partial charge in [0.05, 0.1) is 5.25 Å². The molecule has 0 fully saturated rings. The van der Waals surface area contributed by atoms with E-state index in [1.807, 2.05) is 0 Å². The van der Waals surface area contributed by atoms with Crippen molar-refractivity contribution in [3.8, 4) is 0 Å². The Hall–Kier alpha value is -0.660. The van der Waals surface area contributed by atoms with Crippen LogP contribution in [0.2, 0.25) is 0 Å². The summed E-state index contributed by atoms with van der Waals surface area (Å²) in [5, 5.41) is 7.38. The van der Waals surface area contributed by atoms with Gasteiger partial charge >= 0.3 is 5.97 Å². The lowest BCUT2D eigenvalue weighted by Gasteiger charge is -2.10. The van der Waals surface area contributed by atoms with Gasteiger partial charge in [0, 0.05) is 6.42 Å². The summed E-state index contributed by atoms with van der Waals surface area (Å²) in [6.07, 6.45) is 6.32. The Bertz CT molecular complexity index is 338. The number of rotatable bonds is 11. The average Bonchev–Trinajstić information content (AvgIpc) is 2.35. The number of unbranched alkanes of at least 4 members (excludes halogenated alkanes) is 5. The minimum Gasteiger partial charge on any atom is -0.301 e. The molecule has 7 heteroatoms. The summed E-state index contributed by atoms with van der Waals surface area (Å²) in [4.78, 5) is 14.1. The van der Waals surface area contributed by atoms with Gasteiger partial charge in [-0.05, 0) is 19.3 Å². The average molecular weight is 296 g/mol. The molecule has 0 radical (unpaired) electrons. The Balaban J connectivity index is 3.48. The van der Waals surface area contributed by atoms with Gasteiger partial charge in [-0.3, -0.25) is 4.55 Å². The van der Waals surface area contributed by atoms with Crippen LogP contribution in [-0.4, -0.2) is 29.4 Å². The van der Waals surface area contributed by atoms with Gasteiger partial charge in [-0.1, -0.05) is 39.0 Å². The van der Waals surface area contributed by atoms with Crippen LogP contribution < -0.4 is 0 Å². The minimum atomic E-state index is -3.90. The van der Waals surface area contributed by atoms with Crippen molar-refractivity contribution >= 4 is 16.1 Å². The molecule has 1 atom stereocenters. The van der Waals surface area contributed by atoms with E-state index >= 15 is 0 Å². The molecule has 0 saturated heterocycles. The summed E-state index contributed by atoms with van der Waals surface area (Å²) >= 11 is 0. The molecule has 0 aromatic heterocycles. The van der Waals surface area contributed by atoms with Crippen LogP contribution in [0.4, 0.5) is 0 Å². The molecule has 0 bridgehead atoms. The molecule has 0 rings (SSSR count). The molecular weight excluding hydrogens is 272 g/mol. The lowest BCUT2D eigenvalue weighted by molar-refractivity contribution is -0.234. The van der Waals surface area contributed by atoms with E-state index < -0.39 is 21.3 Å². The van der Waals surface area contributed by atoms with Gasteiger partial charge in [0.1, 0.15) is 0 Å². The van der Waals surface area contributed by atoms with Crippen molar-refractivity contribution in [2.45, 2.75) is 70.0 Å². The molecule has 0 aromatic rings. The number of hydrogen-bond acceptors (Lipinski definition) is 5. The zero-order chi connectivity index (χ0) is 14.7. The molecule has 0 saturated carbocycles. The highest BCUT2D eigenvalue weighted by Gasteiger charge is 2.19. The Labute approximate surface area is 114 Å². The van der Waals surface area contributed by atoms with Gasteiger partial charge in [0.15, 0.2) is 0 Å². The first-order chi connectivity index (χ1) is 8.91. The van der Waals surface area contributed by atoms with Gasteiger partial charge in [-0.15, -0.1) is 0 Å². The summed E-state index contributed by atoms with van der Waals surface area (Å²) in [6.45, 7) is 1.75. The molecule has 1 unspecified atom stereocenters. The van der Waals surface area contributed by atoms with Crippen LogP contribution in [0, 0.1) is 0 Å². The summed E-state index contributed by atoms with van der Waals surface area (Å²) in [7, 11) is -3.90. The highest BCUT2D eigenvalue weighted by atomic mass is 32.2. The van der Waals surface area contributed by atoms with Gasteiger partial charge < -0.3 is 4.89 Å². The van der Waals surface area contributed by atoms with Crippen LogP contribution in [0.3, 0.4) is 0 Å². The second-order valence-corrected chi connectivity index (χ2v) is 6.37. The van der Waals surface area contributed by atoms with Crippen LogP contribution in [-0.2, 0) is 19.8 Å². The van der Waals surface area contributed by atoms with Crippen LogP contribution in [0.15, 0.2) is 0 Å². The molecular formula is C12H24O6S. The standard InChI is InChI=1S/C12H24O6S/c1-2-11(19(15,16)17)9-7-5-3-4-6-8-10-12(13)18-14/h11,14H,2-10H2,1H3,(H,15,16,17). The van der Waals surface area contributed by atoms with Crippen molar-refractivity contribution in [3.63, 3.8) is 0 Å². The maximum Gasteiger partial charge on any atom is 0.342 e. The van der Waals surface area contributed by atoms with E-state index in [4.69, 9.17) is 9.81 Å². The monoisotopic (exact) mass is 296 g/mol. The molecule has 0 amide bonds. The molecule has 0 spiro atoms. The first-order valence-corrected chi connectivity index (χ1v) is 8.22. The molecule has 0 heterocycles. The lowest BCUT2D eigenvalue weighted by atomic mass is 10.1. The molecule has 6 nitrogen and oxygen atoms in total. The first-order valence-electron chi connectivity index (χ1n) is 6.72. The highest BCUT2D eigenvalue weighted by molar-refractivity contribution is 7.86. The van der Waals surface area contributed by atoms with Gasteiger partial charge in [-0.25, -0.2) is 4.79 Å². The fourth-order valence-electron chi connectivity index (χ4n) is 1.96. The summed E-state index contributed by atoms with van der Waals surface area (Å²) in [6, 6.07) is 0. The highest BCUT2D eigenvalue weighted by Crippen LogP contribution is 2.15. The zero-order valence-corrected chi connectivity index (χ0v) is 12.2. The quantitative estimate of drug-likeness (QED) is 0.263. The summed E-state index contributed by atoms with van der Waals surface area (Å²) in [5.41, 5.74) is 0. The molecule has 0 aliphatic carbocycles. The van der Waals surface area contributed by atoms with Crippen molar-refractivity contribution in [1.29, 1.82) is 0 Å². The Morgan fingerprint density at radius 2 is 1.63 bits per heavy atom. The zero-order valence-electron chi connectivity index (χ0n) is 11.4. The molecule has 0 aliphatic rings. The number of carbonyl (C=O) groups is 1. The molecule has 19 heavy (non-hydrogen) atoms. The Morgan fingerprint density at radius 1 is 1.11 bits per heavy atom. The van der Waals surface area contributed by atoms with Gasteiger partial charge in [0.25, 0.3) is 10.1 Å². The third-order valence-corrected chi connectivity index (χ3v) is 4.55. The Kier molecular flexibility index (Phi) is 9.81. The van der Waals surface area contributed by atoms with Crippen molar-refractivity contribution in [1.82, 2.24) is 0 Å². The largest absolute Gasteiger partial charge is 0.342 e. The van der Waals surface area contributed by atoms with Crippen LogP contribution in [0.5, 0.6) is 0 Å². The van der Waals surface area contributed by atoms with E-state index in [9.17, 15) is 13.2 Å². The van der Waals surface area contributed by atoms with Crippen molar-refractivity contribution in [2.24, 2.45) is 0 Å². The molecule has 2 N–H and O–H groups in total. The smallest absolute Gasteiger partial charge is 0.301 e. The van der Waals surface area contributed by atoms with E-state index in [0.717, 1.165) is 32.1 Å². The molecule has 114 valence electrons. The molecule has 0 aromatic carbocycles. The normalized spacial score (nSPS) is 13.2. The number of carbonyl (C=O) groups excluding carboxylic acids is 1. The SMILES string of the molecule is CCC(CCCCCCCCC(=O)OO)S(=O)(=O)O. The summed E-state index contributed by atoms with van der Waals surface area (Å²) in [5.74, 6) is -0.612. The minimum absolute atomic E-state index is 0.219. The Morgan fingerprint density at radius 3 is 2.11 bits per heavy atom. The van der Waals surface area contributed by atoms with Crippen LogP contribution >= 0.6 is 0 Å². The van der Waals surface area contributed by atoms with Gasteiger partial charge in [-0.2, -0.15) is 13.7 Å². The van der Waals surface area contributed by atoms with Crippen LogP contribution in [0.25, 0.3) is 0 Å². The third-order valence-electron chi connectivity index (χ3n) is 3.14. The number of hydrogen-bond donors (Lipinski definition) is 2. The fraction of sp³-hybridized carbons (Fsp3) is 0.917. The predicted molar refractivity (Wildman–Crippen MR) is 71.3 cm³/mol. The van der Waals surface area contributed by atoms with E-state index in [2.05, 4.69) is 4.89 Å². The topological polar surface area (TPSA) is 101 Å². The van der Waals surface area contributed by atoms with E-state index in [1.54, 1.807) is 6.92 Å². The van der Waals surface area contributed by atoms with E-state index in [0.29, 0.717) is 19.3 Å². The van der Waals surface area contributed by atoms with E-state index in [1.165, 1.54) is 0 Å². The molecule has 0 aliphatic heterocycles. The van der Waals surface area contributed by atoms with Crippen molar-refractivity contribution < 1.29 is 27.9 Å². The third kappa shape index (κ3) is 9.86. The van der Waals surface area contributed by atoms with Crippen molar-refractivity contribution in [2.75, 3.05) is 0 Å². The van der Waals surface area contributed by atoms with Gasteiger partial charge in [0.2, 0.25) is 0 Å². The maximum atomic E-state index is 11.0.